The molecule has 1 aromatic heterocycles. The van der Waals surface area contributed by atoms with E-state index in [1.54, 1.807) is 16.5 Å². The number of halogens is 3. The van der Waals surface area contributed by atoms with Crippen LogP contribution in [0, 0.1) is 5.21 Å². The second kappa shape index (κ2) is 11.9. The predicted molar refractivity (Wildman–Crippen MR) is 141 cm³/mol. The summed E-state index contributed by atoms with van der Waals surface area (Å²) in [4.78, 5) is 27.3. The molecule has 41 heavy (non-hydrogen) atoms. The number of carbonyl (C=O) groups is 2. The number of aromatic nitrogens is 3. The zero-order chi connectivity index (χ0) is 30.0. The van der Waals surface area contributed by atoms with Gasteiger partial charge in [-0.05, 0) is 58.7 Å². The molecule has 11 nitrogen and oxygen atoms in total. The van der Waals surface area contributed by atoms with Crippen molar-refractivity contribution in [3.05, 3.63) is 46.9 Å². The van der Waals surface area contributed by atoms with Crippen molar-refractivity contribution in [2.24, 2.45) is 0 Å². The van der Waals surface area contributed by atoms with E-state index >= 15 is 0 Å². The number of nitrogens with zero attached hydrogens (tertiary/aromatic N) is 6. The number of hydrogen-bond donors (Lipinski definition) is 0. The molecular weight excluding hydrogens is 545 g/mol. The Hall–Kier alpha value is -3.23. The minimum Gasteiger partial charge on any atom is -0.604 e. The van der Waals surface area contributed by atoms with Crippen molar-refractivity contribution in [2.45, 2.75) is 77.3 Å². The standard InChI is InChI=1S/C27H37F3N6O5/c1-5-36(39,34-15-11-21(12-16-34)40-22-8-6-7-19(17-22)27(28,29)30)24(37)23-18-35(32-31-23)20-9-13-33(14-10-20)25(38)41-26(2,3)4/h6-8,17-18,20-21H,5,9-16H2,1-4H3. The largest absolute Gasteiger partial charge is 0.604 e. The SMILES string of the molecule is CC[N+]([O-])(C(=O)c1cn(C2CCN(C(=O)OC(C)(C)C)CC2)nn1)N1CCC(Oc2cccc(C(F)(F)F)c2)CC1. The van der Waals surface area contributed by atoms with Gasteiger partial charge in [0.05, 0.1) is 30.9 Å². The van der Waals surface area contributed by atoms with Crippen LogP contribution in [0.3, 0.4) is 0 Å². The molecule has 1 unspecified atom stereocenters. The normalized spacial score (nSPS) is 19.6. The zero-order valence-electron chi connectivity index (χ0n) is 23.8. The minimum absolute atomic E-state index is 0.0428. The highest BCUT2D eigenvalue weighted by atomic mass is 19.4. The average Bonchev–Trinajstić information content (AvgIpc) is 3.42. The maximum atomic E-state index is 13.8. The van der Waals surface area contributed by atoms with Crippen LogP contribution in [-0.4, -0.2) is 86.1 Å². The first-order valence-electron chi connectivity index (χ1n) is 13.8. The molecule has 0 N–H and O–H groups in total. The van der Waals surface area contributed by atoms with Crippen LogP contribution in [0.25, 0.3) is 0 Å². The van der Waals surface area contributed by atoms with Gasteiger partial charge < -0.3 is 19.6 Å². The van der Waals surface area contributed by atoms with E-state index in [-0.39, 0.29) is 49.3 Å². The van der Waals surface area contributed by atoms with Crippen LogP contribution in [0.15, 0.2) is 30.5 Å². The second-order valence-electron chi connectivity index (χ2n) is 11.4. The van der Waals surface area contributed by atoms with Crippen molar-refractivity contribution in [3.8, 4) is 5.75 Å². The summed E-state index contributed by atoms with van der Waals surface area (Å²) in [5.74, 6) is -0.622. The van der Waals surface area contributed by atoms with Crippen molar-refractivity contribution >= 4 is 12.0 Å². The number of carbonyl (C=O) groups excluding carboxylic acids is 2. The van der Waals surface area contributed by atoms with Gasteiger partial charge in [0.2, 0.25) is 5.69 Å². The van der Waals surface area contributed by atoms with Gasteiger partial charge >= 0.3 is 18.2 Å². The summed E-state index contributed by atoms with van der Waals surface area (Å²) in [5, 5.41) is 23.4. The molecule has 1 aromatic carbocycles. The lowest BCUT2D eigenvalue weighted by molar-refractivity contribution is -0.921. The van der Waals surface area contributed by atoms with Gasteiger partial charge in [-0.3, -0.25) is 0 Å². The number of benzene rings is 1. The van der Waals surface area contributed by atoms with Gasteiger partial charge in [0.25, 0.3) is 0 Å². The smallest absolute Gasteiger partial charge is 0.416 e. The number of quaternary nitrogens is 1. The molecule has 1 atom stereocenters. The third-order valence-electron chi connectivity index (χ3n) is 7.31. The van der Waals surface area contributed by atoms with E-state index < -0.39 is 28.0 Å². The van der Waals surface area contributed by atoms with E-state index in [0.717, 1.165) is 12.1 Å². The Morgan fingerprint density at radius 1 is 1.07 bits per heavy atom. The number of likely N-dealkylation sites (tertiary alicyclic amines) is 1. The molecule has 4 rings (SSSR count). The molecule has 0 bridgehead atoms. The van der Waals surface area contributed by atoms with Gasteiger partial charge in [0.1, 0.15) is 24.0 Å². The summed E-state index contributed by atoms with van der Waals surface area (Å²) in [6, 6.07) is 4.62. The van der Waals surface area contributed by atoms with Crippen molar-refractivity contribution in [3.63, 3.8) is 0 Å². The van der Waals surface area contributed by atoms with E-state index in [1.807, 2.05) is 20.8 Å². The molecule has 2 aliphatic rings. The van der Waals surface area contributed by atoms with E-state index in [4.69, 9.17) is 9.47 Å². The summed E-state index contributed by atoms with van der Waals surface area (Å²) in [6.07, 6.45) is -1.80. The first kappa shape index (κ1) is 30.7. The van der Waals surface area contributed by atoms with Crippen LogP contribution >= 0.6 is 0 Å². The maximum absolute atomic E-state index is 13.8. The number of rotatable bonds is 6. The Morgan fingerprint density at radius 2 is 1.73 bits per heavy atom. The lowest BCUT2D eigenvalue weighted by Gasteiger charge is -2.48. The van der Waals surface area contributed by atoms with Crippen molar-refractivity contribution in [2.75, 3.05) is 32.7 Å². The van der Waals surface area contributed by atoms with Crippen LogP contribution < -0.4 is 4.74 Å². The lowest BCUT2D eigenvalue weighted by Crippen LogP contribution is -2.62. The average molecular weight is 583 g/mol. The summed E-state index contributed by atoms with van der Waals surface area (Å²) in [6.45, 7) is 8.39. The minimum atomic E-state index is -4.47. The number of hydrogen-bond acceptors (Lipinski definition) is 8. The monoisotopic (exact) mass is 582 g/mol. The van der Waals surface area contributed by atoms with Crippen LogP contribution in [-0.2, 0) is 10.9 Å². The van der Waals surface area contributed by atoms with Crippen LogP contribution in [0.2, 0.25) is 0 Å². The summed E-state index contributed by atoms with van der Waals surface area (Å²) in [5.41, 5.74) is -1.41. The van der Waals surface area contributed by atoms with Gasteiger partial charge in [-0.15, -0.1) is 10.1 Å². The van der Waals surface area contributed by atoms with Crippen LogP contribution in [0.1, 0.15) is 75.5 Å². The maximum Gasteiger partial charge on any atom is 0.416 e. The molecule has 14 heteroatoms. The fourth-order valence-corrected chi connectivity index (χ4v) is 5.06. The molecule has 0 spiro atoms. The molecule has 2 aromatic rings. The first-order chi connectivity index (χ1) is 19.2. The van der Waals surface area contributed by atoms with Crippen molar-refractivity contribution < 1.29 is 37.0 Å². The van der Waals surface area contributed by atoms with Gasteiger partial charge in [-0.1, -0.05) is 11.3 Å². The van der Waals surface area contributed by atoms with Gasteiger partial charge in [-0.25, -0.2) is 19.0 Å². The van der Waals surface area contributed by atoms with Gasteiger partial charge in [0.15, 0.2) is 0 Å². The molecule has 0 radical (unpaired) electrons. The third-order valence-corrected chi connectivity index (χ3v) is 7.31. The summed E-state index contributed by atoms with van der Waals surface area (Å²) < 4.78 is 50.6. The molecule has 2 fully saturated rings. The molecule has 226 valence electrons. The third kappa shape index (κ3) is 7.35. The Morgan fingerprint density at radius 3 is 2.32 bits per heavy atom. The van der Waals surface area contributed by atoms with Gasteiger partial charge in [-0.2, -0.15) is 13.2 Å². The molecule has 2 aliphatic heterocycles. The van der Waals surface area contributed by atoms with E-state index in [2.05, 4.69) is 10.3 Å². The molecule has 0 saturated carbocycles. The number of ether oxygens (including phenoxy) is 2. The summed E-state index contributed by atoms with van der Waals surface area (Å²) >= 11 is 0. The number of amides is 2. The first-order valence-corrected chi connectivity index (χ1v) is 13.8. The Labute approximate surface area is 236 Å². The summed E-state index contributed by atoms with van der Waals surface area (Å²) in [7, 11) is 0. The molecule has 2 amide bonds. The topological polar surface area (TPSA) is 113 Å². The fourth-order valence-electron chi connectivity index (χ4n) is 5.06. The van der Waals surface area contributed by atoms with Crippen molar-refractivity contribution in [1.29, 1.82) is 0 Å². The second-order valence-corrected chi connectivity index (χ2v) is 11.4. The quantitative estimate of drug-likeness (QED) is 0.353. The molecule has 3 heterocycles. The lowest BCUT2D eigenvalue weighted by atomic mass is 10.1. The Balaban J connectivity index is 1.33. The number of alkyl halides is 3. The Kier molecular flexibility index (Phi) is 8.95. The molecule has 2 saturated heterocycles. The fraction of sp³-hybridized carbons (Fsp3) is 0.630. The van der Waals surface area contributed by atoms with Crippen molar-refractivity contribution in [1.82, 2.24) is 24.9 Å². The van der Waals surface area contributed by atoms with E-state index in [0.29, 0.717) is 38.8 Å². The Bertz CT molecular complexity index is 1220. The highest BCUT2D eigenvalue weighted by Crippen LogP contribution is 2.32. The molecule has 0 aliphatic carbocycles. The van der Waals surface area contributed by atoms with Gasteiger partial charge in [0, 0.05) is 25.9 Å². The zero-order valence-corrected chi connectivity index (χ0v) is 23.8. The highest BCUT2D eigenvalue weighted by Gasteiger charge is 2.40. The predicted octanol–water partition coefficient (Wildman–Crippen LogP) is 4.80. The van der Waals surface area contributed by atoms with E-state index in [9.17, 15) is 28.0 Å². The van der Waals surface area contributed by atoms with E-state index in [1.165, 1.54) is 23.3 Å². The number of hydroxylamine groups is 2. The highest BCUT2D eigenvalue weighted by molar-refractivity contribution is 5.86. The number of piperidine rings is 2. The molecular formula is C27H37F3N6O5. The van der Waals surface area contributed by atoms with Crippen LogP contribution in [0.4, 0.5) is 18.0 Å². The van der Waals surface area contributed by atoms with Crippen LogP contribution in [0.5, 0.6) is 5.75 Å².